The first-order chi connectivity index (χ1) is 13.5. The summed E-state index contributed by atoms with van der Waals surface area (Å²) in [5, 5.41) is 15.8. The van der Waals surface area contributed by atoms with Crippen molar-refractivity contribution in [2.75, 3.05) is 29.4 Å². The van der Waals surface area contributed by atoms with Gasteiger partial charge in [0.2, 0.25) is 5.91 Å². The Balaban J connectivity index is 1.45. The van der Waals surface area contributed by atoms with Gasteiger partial charge >= 0.3 is 0 Å². The van der Waals surface area contributed by atoms with E-state index < -0.39 is 0 Å². The average Bonchev–Trinajstić information content (AvgIpc) is 3.15. The summed E-state index contributed by atoms with van der Waals surface area (Å²) in [6.07, 6.45) is 1.63. The molecule has 0 bridgehead atoms. The largest absolute Gasteiger partial charge is 0.355 e. The molecular weight excluding hydrogens is 354 g/mol. The third-order valence-electron chi connectivity index (χ3n) is 5.32. The summed E-state index contributed by atoms with van der Waals surface area (Å²) in [5.74, 6) is 1.09. The number of amides is 1. The van der Waals surface area contributed by atoms with Crippen LogP contribution >= 0.6 is 0 Å². The molecule has 0 aliphatic carbocycles. The van der Waals surface area contributed by atoms with E-state index in [1.807, 2.05) is 24.0 Å². The number of carbonyl (C=O) groups is 1. The fourth-order valence-electron chi connectivity index (χ4n) is 3.96. The van der Waals surface area contributed by atoms with E-state index in [-0.39, 0.29) is 11.8 Å². The molecule has 8 nitrogen and oxygen atoms in total. The lowest BCUT2D eigenvalue weighted by Crippen LogP contribution is -2.43. The molecule has 28 heavy (non-hydrogen) atoms. The maximum Gasteiger partial charge on any atom is 0.230 e. The Hall–Kier alpha value is -3.03. The molecule has 3 heterocycles. The molecule has 0 spiro atoms. The molecule has 8 heteroatoms. The molecule has 0 radical (unpaired) electrons. The minimum atomic E-state index is 0.0359. The number of aromatic nitrogens is 5. The number of rotatable bonds is 4. The Morgan fingerprint density at radius 3 is 2.54 bits per heavy atom. The van der Waals surface area contributed by atoms with E-state index in [4.69, 9.17) is 0 Å². The molecular formula is C20H25N7O. The van der Waals surface area contributed by atoms with Crippen LogP contribution in [0.3, 0.4) is 0 Å². The van der Waals surface area contributed by atoms with Crippen molar-refractivity contribution < 1.29 is 4.79 Å². The number of nitrogens with zero attached hydrogens (tertiary/aromatic N) is 7. The standard InChI is InChI=1S/C20H25N7O/c1-4-26(17-12-14(2)11-15(3)13-17)20(28)16-7-9-25(10-8-16)19-6-5-18-21-23-24-27(18)22-19/h5-6,11-13,16H,4,7-10H2,1-3H3. The van der Waals surface area contributed by atoms with Crippen molar-refractivity contribution in [3.63, 3.8) is 0 Å². The second kappa shape index (κ2) is 7.53. The highest BCUT2D eigenvalue weighted by atomic mass is 16.2. The molecule has 1 aliphatic heterocycles. The van der Waals surface area contributed by atoms with Crippen molar-refractivity contribution in [3.05, 3.63) is 41.5 Å². The van der Waals surface area contributed by atoms with Crippen LogP contribution in [0.25, 0.3) is 5.65 Å². The fraction of sp³-hybridized carbons (Fsp3) is 0.450. The number of carbonyl (C=O) groups excluding carboxylic acids is 1. The van der Waals surface area contributed by atoms with E-state index in [1.165, 1.54) is 15.8 Å². The third-order valence-corrected chi connectivity index (χ3v) is 5.32. The van der Waals surface area contributed by atoms with Crippen LogP contribution in [0.15, 0.2) is 30.3 Å². The molecule has 0 atom stereocenters. The van der Waals surface area contributed by atoms with Gasteiger partial charge in [-0.05, 0) is 79.4 Å². The predicted molar refractivity (Wildman–Crippen MR) is 107 cm³/mol. The van der Waals surface area contributed by atoms with E-state index in [0.29, 0.717) is 12.2 Å². The van der Waals surface area contributed by atoms with E-state index in [9.17, 15) is 4.79 Å². The highest BCUT2D eigenvalue weighted by Gasteiger charge is 2.29. The van der Waals surface area contributed by atoms with Gasteiger partial charge in [-0.3, -0.25) is 4.79 Å². The smallest absolute Gasteiger partial charge is 0.230 e. The highest BCUT2D eigenvalue weighted by molar-refractivity contribution is 5.95. The van der Waals surface area contributed by atoms with Gasteiger partial charge in [0.15, 0.2) is 11.5 Å². The molecule has 4 rings (SSSR count). The van der Waals surface area contributed by atoms with E-state index in [1.54, 1.807) is 0 Å². The van der Waals surface area contributed by atoms with E-state index >= 15 is 0 Å². The molecule has 0 unspecified atom stereocenters. The SMILES string of the molecule is CCN(C(=O)C1CCN(c2ccc3nnnn3n2)CC1)c1cc(C)cc(C)c1. The van der Waals surface area contributed by atoms with Crippen LogP contribution in [0.1, 0.15) is 30.9 Å². The molecule has 0 N–H and O–H groups in total. The van der Waals surface area contributed by atoms with Crippen molar-refractivity contribution in [1.82, 2.24) is 25.3 Å². The molecule has 2 aromatic heterocycles. The second-order valence-corrected chi connectivity index (χ2v) is 7.41. The van der Waals surface area contributed by atoms with Gasteiger partial charge in [-0.1, -0.05) is 6.07 Å². The van der Waals surface area contributed by atoms with E-state index in [0.717, 1.165) is 37.4 Å². The van der Waals surface area contributed by atoms with Crippen molar-refractivity contribution in [2.45, 2.75) is 33.6 Å². The number of fused-ring (bicyclic) bond motifs is 1. The summed E-state index contributed by atoms with van der Waals surface area (Å²) >= 11 is 0. The summed E-state index contributed by atoms with van der Waals surface area (Å²) in [4.78, 5) is 17.3. The predicted octanol–water partition coefficient (Wildman–Crippen LogP) is 2.41. The van der Waals surface area contributed by atoms with Crippen LogP contribution < -0.4 is 9.80 Å². The molecule has 146 valence electrons. The lowest BCUT2D eigenvalue weighted by atomic mass is 9.94. The van der Waals surface area contributed by atoms with Gasteiger partial charge in [0.05, 0.1) is 0 Å². The Morgan fingerprint density at radius 1 is 1.14 bits per heavy atom. The zero-order valence-electron chi connectivity index (χ0n) is 16.5. The molecule has 1 fully saturated rings. The fourth-order valence-corrected chi connectivity index (χ4v) is 3.96. The van der Waals surface area contributed by atoms with Gasteiger partial charge in [-0.2, -0.15) is 0 Å². The normalized spacial score (nSPS) is 15.2. The first-order valence-electron chi connectivity index (χ1n) is 9.75. The van der Waals surface area contributed by atoms with Crippen LogP contribution in [0.4, 0.5) is 11.5 Å². The summed E-state index contributed by atoms with van der Waals surface area (Å²) in [6.45, 7) is 8.45. The minimum absolute atomic E-state index is 0.0359. The van der Waals surface area contributed by atoms with Gasteiger partial charge < -0.3 is 9.80 Å². The Kier molecular flexibility index (Phi) is 4.93. The summed E-state index contributed by atoms with van der Waals surface area (Å²) in [7, 11) is 0. The lowest BCUT2D eigenvalue weighted by Gasteiger charge is -2.34. The first-order valence-corrected chi connectivity index (χ1v) is 9.75. The quantitative estimate of drug-likeness (QED) is 0.693. The van der Waals surface area contributed by atoms with Crippen LogP contribution in [0.2, 0.25) is 0 Å². The van der Waals surface area contributed by atoms with Crippen LogP contribution in [0.5, 0.6) is 0 Å². The molecule has 0 saturated carbocycles. The zero-order valence-corrected chi connectivity index (χ0v) is 16.5. The summed E-state index contributed by atoms with van der Waals surface area (Å²) in [5.41, 5.74) is 3.99. The number of hydrogen-bond donors (Lipinski definition) is 0. The summed E-state index contributed by atoms with van der Waals surface area (Å²) in [6, 6.07) is 10.1. The van der Waals surface area contributed by atoms with Crippen molar-refractivity contribution in [2.24, 2.45) is 5.92 Å². The first kappa shape index (κ1) is 18.3. The number of hydrogen-bond acceptors (Lipinski definition) is 6. The third kappa shape index (κ3) is 3.54. The van der Waals surface area contributed by atoms with Crippen molar-refractivity contribution in [1.29, 1.82) is 0 Å². The highest BCUT2D eigenvalue weighted by Crippen LogP contribution is 2.26. The van der Waals surface area contributed by atoms with Gasteiger partial charge in [0.1, 0.15) is 0 Å². The van der Waals surface area contributed by atoms with Crippen molar-refractivity contribution >= 4 is 23.1 Å². The molecule has 1 saturated heterocycles. The Bertz CT molecular complexity index is 971. The van der Waals surface area contributed by atoms with Crippen molar-refractivity contribution in [3.8, 4) is 0 Å². The number of tetrazole rings is 1. The minimum Gasteiger partial charge on any atom is -0.355 e. The van der Waals surface area contributed by atoms with Gasteiger partial charge in [0, 0.05) is 31.2 Å². The maximum absolute atomic E-state index is 13.2. The van der Waals surface area contributed by atoms with Gasteiger partial charge in [0.25, 0.3) is 0 Å². The van der Waals surface area contributed by atoms with E-state index in [2.05, 4.69) is 57.6 Å². The zero-order chi connectivity index (χ0) is 19.7. The van der Waals surface area contributed by atoms with Crippen LogP contribution in [-0.2, 0) is 4.79 Å². The monoisotopic (exact) mass is 379 g/mol. The number of piperidine rings is 1. The van der Waals surface area contributed by atoms with Crippen LogP contribution in [-0.4, -0.2) is 50.8 Å². The lowest BCUT2D eigenvalue weighted by molar-refractivity contribution is -0.122. The van der Waals surface area contributed by atoms with Gasteiger partial charge in [-0.15, -0.1) is 14.8 Å². The number of anilines is 2. The maximum atomic E-state index is 13.2. The average molecular weight is 379 g/mol. The second-order valence-electron chi connectivity index (χ2n) is 7.41. The molecule has 1 amide bonds. The molecule has 1 aromatic carbocycles. The number of aryl methyl sites for hydroxylation is 2. The molecule has 1 aliphatic rings. The van der Waals surface area contributed by atoms with Gasteiger partial charge in [-0.25, -0.2) is 0 Å². The molecule has 3 aromatic rings. The van der Waals surface area contributed by atoms with Crippen LogP contribution in [0, 0.1) is 19.8 Å². The summed E-state index contributed by atoms with van der Waals surface area (Å²) < 4.78 is 1.44. The number of benzene rings is 1. The Morgan fingerprint density at radius 2 is 1.86 bits per heavy atom. The Labute approximate surface area is 164 Å². The topological polar surface area (TPSA) is 79.5 Å².